The van der Waals surface area contributed by atoms with Crippen molar-refractivity contribution in [2.24, 2.45) is 0 Å². The minimum atomic E-state index is 0.0132. The van der Waals surface area contributed by atoms with E-state index < -0.39 is 0 Å². The first kappa shape index (κ1) is 14.1. The fourth-order valence-corrected chi connectivity index (χ4v) is 2.55. The molecule has 1 fully saturated rings. The molecule has 0 N–H and O–H groups in total. The average Bonchev–Trinajstić information content (AvgIpc) is 2.38. The second kappa shape index (κ2) is 6.25. The Morgan fingerprint density at radius 1 is 1.53 bits per heavy atom. The third kappa shape index (κ3) is 3.38. The maximum absolute atomic E-state index is 9.20. The molecule has 4 nitrogen and oxygen atoms in total. The van der Waals surface area contributed by atoms with Gasteiger partial charge in [-0.25, -0.2) is 0 Å². The maximum atomic E-state index is 9.20. The first-order valence-corrected chi connectivity index (χ1v) is 6.61. The summed E-state index contributed by atoms with van der Waals surface area (Å²) in [6.45, 7) is 4.01. The van der Waals surface area contributed by atoms with Gasteiger partial charge in [-0.05, 0) is 25.1 Å². The number of benzene rings is 1. The van der Waals surface area contributed by atoms with Crippen LogP contribution >= 0.6 is 11.6 Å². The van der Waals surface area contributed by atoms with Crippen LogP contribution in [-0.2, 0) is 9.47 Å². The molecule has 0 bridgehead atoms. The Labute approximate surface area is 118 Å². The van der Waals surface area contributed by atoms with E-state index >= 15 is 0 Å². The van der Waals surface area contributed by atoms with E-state index in [0.717, 1.165) is 12.2 Å². The lowest BCUT2D eigenvalue weighted by Crippen LogP contribution is -2.48. The number of anilines is 1. The standard InChI is InChI=1S/C14H17ClN2O2/c1-10-7-17(8-13(19-10)9-18-2)14-5-12(15)4-3-11(14)6-16/h3-5,10,13H,7-9H2,1-2H3. The van der Waals surface area contributed by atoms with Crippen molar-refractivity contribution in [1.82, 2.24) is 0 Å². The molecule has 2 atom stereocenters. The number of halogens is 1. The predicted octanol–water partition coefficient (Wildman–Crippen LogP) is 2.45. The normalized spacial score (nSPS) is 23.2. The number of ether oxygens (including phenoxy) is 2. The molecule has 0 spiro atoms. The van der Waals surface area contributed by atoms with Crippen molar-refractivity contribution in [2.45, 2.75) is 19.1 Å². The van der Waals surface area contributed by atoms with Crippen LogP contribution in [0.1, 0.15) is 12.5 Å². The Morgan fingerprint density at radius 3 is 3.00 bits per heavy atom. The van der Waals surface area contributed by atoms with Gasteiger partial charge >= 0.3 is 0 Å². The fourth-order valence-electron chi connectivity index (χ4n) is 2.38. The molecule has 1 aliphatic heterocycles. The van der Waals surface area contributed by atoms with Gasteiger partial charge in [0.25, 0.3) is 0 Å². The van der Waals surface area contributed by atoms with E-state index in [-0.39, 0.29) is 12.2 Å². The molecule has 2 rings (SSSR count). The average molecular weight is 281 g/mol. The number of hydrogen-bond donors (Lipinski definition) is 0. The largest absolute Gasteiger partial charge is 0.382 e. The zero-order valence-corrected chi connectivity index (χ0v) is 11.9. The van der Waals surface area contributed by atoms with Gasteiger partial charge in [0.2, 0.25) is 0 Å². The van der Waals surface area contributed by atoms with Gasteiger partial charge in [-0.1, -0.05) is 11.6 Å². The van der Waals surface area contributed by atoms with E-state index in [1.165, 1.54) is 0 Å². The zero-order chi connectivity index (χ0) is 13.8. The molecule has 1 aromatic rings. The first-order valence-electron chi connectivity index (χ1n) is 6.23. The quantitative estimate of drug-likeness (QED) is 0.853. The zero-order valence-electron chi connectivity index (χ0n) is 11.1. The van der Waals surface area contributed by atoms with Crippen molar-refractivity contribution in [3.8, 4) is 6.07 Å². The molecule has 0 aliphatic carbocycles. The molecule has 1 aliphatic rings. The molecule has 102 valence electrons. The van der Waals surface area contributed by atoms with Gasteiger partial charge < -0.3 is 14.4 Å². The van der Waals surface area contributed by atoms with Crippen molar-refractivity contribution in [2.75, 3.05) is 31.7 Å². The summed E-state index contributed by atoms with van der Waals surface area (Å²) in [6, 6.07) is 7.53. The SMILES string of the molecule is COCC1CN(c2cc(Cl)ccc2C#N)CC(C)O1. The summed E-state index contributed by atoms with van der Waals surface area (Å²) in [6.07, 6.45) is 0.110. The van der Waals surface area contributed by atoms with Crippen LogP contribution in [0, 0.1) is 11.3 Å². The van der Waals surface area contributed by atoms with Gasteiger partial charge in [-0.15, -0.1) is 0 Å². The topological polar surface area (TPSA) is 45.5 Å². The van der Waals surface area contributed by atoms with Crippen LogP contribution in [0.2, 0.25) is 5.02 Å². The molecule has 0 amide bonds. The lowest BCUT2D eigenvalue weighted by Gasteiger charge is -2.38. The highest BCUT2D eigenvalue weighted by atomic mass is 35.5. The molecule has 0 radical (unpaired) electrons. The highest BCUT2D eigenvalue weighted by Gasteiger charge is 2.26. The van der Waals surface area contributed by atoms with E-state index in [1.807, 2.05) is 13.0 Å². The van der Waals surface area contributed by atoms with Crippen LogP contribution in [-0.4, -0.2) is 39.0 Å². The summed E-state index contributed by atoms with van der Waals surface area (Å²) in [5, 5.41) is 9.84. The number of methoxy groups -OCH3 is 1. The molecule has 5 heteroatoms. The van der Waals surface area contributed by atoms with Crippen molar-refractivity contribution in [1.29, 1.82) is 5.26 Å². The third-order valence-electron chi connectivity index (χ3n) is 3.10. The van der Waals surface area contributed by atoms with E-state index in [9.17, 15) is 5.26 Å². The molecule has 2 unspecified atom stereocenters. The number of nitriles is 1. The van der Waals surface area contributed by atoms with Gasteiger partial charge in [0.15, 0.2) is 0 Å². The van der Waals surface area contributed by atoms with Crippen molar-refractivity contribution >= 4 is 17.3 Å². The number of hydrogen-bond acceptors (Lipinski definition) is 4. The Hall–Kier alpha value is -1.28. The molecule has 19 heavy (non-hydrogen) atoms. The number of nitrogens with zero attached hydrogens (tertiary/aromatic N) is 2. The van der Waals surface area contributed by atoms with Crippen LogP contribution in [0.5, 0.6) is 0 Å². The highest BCUT2D eigenvalue weighted by molar-refractivity contribution is 6.30. The summed E-state index contributed by atoms with van der Waals surface area (Å²) in [7, 11) is 1.66. The fraction of sp³-hybridized carbons (Fsp3) is 0.500. The summed E-state index contributed by atoms with van der Waals surface area (Å²) in [4.78, 5) is 2.14. The molecular formula is C14H17ClN2O2. The molecular weight excluding hydrogens is 264 g/mol. The minimum Gasteiger partial charge on any atom is -0.382 e. The number of rotatable bonds is 3. The van der Waals surface area contributed by atoms with E-state index in [1.54, 1.807) is 19.2 Å². The lowest BCUT2D eigenvalue weighted by atomic mass is 10.1. The Bertz CT molecular complexity index is 487. The summed E-state index contributed by atoms with van der Waals surface area (Å²) >= 11 is 6.03. The van der Waals surface area contributed by atoms with Gasteiger partial charge in [-0.3, -0.25) is 0 Å². The smallest absolute Gasteiger partial charge is 0.101 e. The van der Waals surface area contributed by atoms with Crippen LogP contribution < -0.4 is 4.90 Å². The van der Waals surface area contributed by atoms with E-state index in [4.69, 9.17) is 21.1 Å². The van der Waals surface area contributed by atoms with Gasteiger partial charge in [0.05, 0.1) is 30.1 Å². The van der Waals surface area contributed by atoms with Crippen molar-refractivity contribution in [3.05, 3.63) is 28.8 Å². The molecule has 1 aromatic carbocycles. The van der Waals surface area contributed by atoms with Crippen molar-refractivity contribution in [3.63, 3.8) is 0 Å². The molecule has 0 aromatic heterocycles. The minimum absolute atomic E-state index is 0.0132. The summed E-state index contributed by atoms with van der Waals surface area (Å²) < 4.78 is 11.0. The second-order valence-electron chi connectivity index (χ2n) is 4.70. The molecule has 1 saturated heterocycles. The Balaban J connectivity index is 2.25. The maximum Gasteiger partial charge on any atom is 0.101 e. The van der Waals surface area contributed by atoms with Gasteiger partial charge in [0, 0.05) is 25.2 Å². The summed E-state index contributed by atoms with van der Waals surface area (Å²) in [5.41, 5.74) is 1.50. The Kier molecular flexibility index (Phi) is 4.65. The van der Waals surface area contributed by atoms with E-state index in [0.29, 0.717) is 23.7 Å². The van der Waals surface area contributed by atoms with Gasteiger partial charge in [0.1, 0.15) is 6.07 Å². The number of morpholine rings is 1. The Morgan fingerprint density at radius 2 is 2.32 bits per heavy atom. The lowest BCUT2D eigenvalue weighted by molar-refractivity contribution is -0.0511. The molecule has 0 saturated carbocycles. The van der Waals surface area contributed by atoms with Crippen LogP contribution in [0.15, 0.2) is 18.2 Å². The van der Waals surface area contributed by atoms with Gasteiger partial charge in [-0.2, -0.15) is 5.26 Å². The second-order valence-corrected chi connectivity index (χ2v) is 5.14. The first-order chi connectivity index (χ1) is 9.13. The van der Waals surface area contributed by atoms with Crippen LogP contribution in [0.3, 0.4) is 0 Å². The highest BCUT2D eigenvalue weighted by Crippen LogP contribution is 2.27. The third-order valence-corrected chi connectivity index (χ3v) is 3.33. The predicted molar refractivity (Wildman–Crippen MR) is 74.6 cm³/mol. The summed E-state index contributed by atoms with van der Waals surface area (Å²) in [5.74, 6) is 0. The van der Waals surface area contributed by atoms with Crippen LogP contribution in [0.25, 0.3) is 0 Å². The molecule has 1 heterocycles. The van der Waals surface area contributed by atoms with E-state index in [2.05, 4.69) is 11.0 Å². The monoisotopic (exact) mass is 280 g/mol. The van der Waals surface area contributed by atoms with Crippen molar-refractivity contribution < 1.29 is 9.47 Å². The van der Waals surface area contributed by atoms with Crippen LogP contribution in [0.4, 0.5) is 5.69 Å².